The van der Waals surface area contributed by atoms with Crippen molar-refractivity contribution in [1.82, 2.24) is 5.32 Å². The molecule has 1 heterocycles. The van der Waals surface area contributed by atoms with E-state index in [-0.39, 0.29) is 12.5 Å². The minimum Gasteiger partial charge on any atom is -0.394 e. The Bertz CT molecular complexity index is 904. The molecule has 1 aliphatic rings. The molecule has 0 radical (unpaired) electrons. The van der Waals surface area contributed by atoms with Crippen LogP contribution in [0.15, 0.2) is 12.2 Å². The maximum Gasteiger partial charge on any atom is 0.220 e. The topological polar surface area (TPSA) is 149 Å². The van der Waals surface area contributed by atoms with Crippen LogP contribution in [0.25, 0.3) is 0 Å². The third-order valence-corrected chi connectivity index (χ3v) is 11.8. The number of aliphatic hydroxyl groups is 5. The first-order chi connectivity index (χ1) is 27.8. The van der Waals surface area contributed by atoms with E-state index >= 15 is 0 Å². The average Bonchev–Trinajstić information content (AvgIpc) is 3.21. The quantitative estimate of drug-likeness (QED) is 0.0264. The van der Waals surface area contributed by atoms with E-state index in [0.29, 0.717) is 6.42 Å². The molecule has 338 valence electrons. The van der Waals surface area contributed by atoms with E-state index in [0.717, 1.165) is 32.1 Å². The first-order valence-corrected chi connectivity index (χ1v) is 24.4. The first kappa shape index (κ1) is 53.9. The Labute approximate surface area is 350 Å². The largest absolute Gasteiger partial charge is 0.394 e. The highest BCUT2D eigenvalue weighted by atomic mass is 16.7. The Balaban J connectivity index is 1.95. The monoisotopic (exact) mass is 812 g/mol. The lowest BCUT2D eigenvalue weighted by atomic mass is 9.99. The lowest BCUT2D eigenvalue weighted by Gasteiger charge is -2.40. The van der Waals surface area contributed by atoms with Gasteiger partial charge in [0, 0.05) is 6.42 Å². The Morgan fingerprint density at radius 1 is 0.579 bits per heavy atom. The number of rotatable bonds is 41. The fourth-order valence-electron chi connectivity index (χ4n) is 7.93. The molecular formula is C48H93NO8. The van der Waals surface area contributed by atoms with Gasteiger partial charge in [0.1, 0.15) is 24.4 Å². The molecular weight excluding hydrogens is 719 g/mol. The lowest BCUT2D eigenvalue weighted by Crippen LogP contribution is -2.60. The van der Waals surface area contributed by atoms with Crippen molar-refractivity contribution >= 4 is 5.91 Å². The first-order valence-electron chi connectivity index (χ1n) is 24.4. The van der Waals surface area contributed by atoms with E-state index < -0.39 is 49.5 Å². The molecule has 0 bridgehead atoms. The number of nitrogens with one attached hydrogen (secondary N) is 1. The molecule has 9 nitrogen and oxygen atoms in total. The van der Waals surface area contributed by atoms with E-state index in [1.807, 2.05) is 13.0 Å². The number of unbranched alkanes of at least 4 members (excludes halogenated alkanes) is 31. The van der Waals surface area contributed by atoms with Crippen LogP contribution >= 0.6 is 0 Å². The molecule has 0 spiro atoms. The predicted octanol–water partition coefficient (Wildman–Crippen LogP) is 10.5. The third kappa shape index (κ3) is 29.7. The summed E-state index contributed by atoms with van der Waals surface area (Å²) in [7, 11) is 0. The normalized spacial score (nSPS) is 21.0. The fraction of sp³-hybridized carbons (Fsp3) is 0.938. The summed E-state index contributed by atoms with van der Waals surface area (Å²) in [6, 6.07) is -0.795. The Hall–Kier alpha value is -1.07. The summed E-state index contributed by atoms with van der Waals surface area (Å²) in [6.07, 6.45) is 39.7. The van der Waals surface area contributed by atoms with Crippen molar-refractivity contribution in [3.05, 3.63) is 12.2 Å². The maximum absolute atomic E-state index is 12.8. The van der Waals surface area contributed by atoms with Gasteiger partial charge in [-0.1, -0.05) is 225 Å². The van der Waals surface area contributed by atoms with Crippen LogP contribution in [0.3, 0.4) is 0 Å². The van der Waals surface area contributed by atoms with Crippen molar-refractivity contribution in [3.8, 4) is 0 Å². The van der Waals surface area contributed by atoms with Gasteiger partial charge in [0.05, 0.1) is 25.4 Å². The van der Waals surface area contributed by atoms with Crippen LogP contribution in [0.2, 0.25) is 0 Å². The zero-order valence-corrected chi connectivity index (χ0v) is 37.1. The molecule has 0 aromatic heterocycles. The second-order valence-electron chi connectivity index (χ2n) is 17.3. The highest BCUT2D eigenvalue weighted by Gasteiger charge is 2.44. The number of hydrogen-bond donors (Lipinski definition) is 6. The summed E-state index contributed by atoms with van der Waals surface area (Å²) >= 11 is 0. The van der Waals surface area contributed by atoms with Crippen molar-refractivity contribution in [2.24, 2.45) is 0 Å². The summed E-state index contributed by atoms with van der Waals surface area (Å²) < 4.78 is 11.1. The van der Waals surface area contributed by atoms with Gasteiger partial charge < -0.3 is 40.3 Å². The summed E-state index contributed by atoms with van der Waals surface area (Å²) in [5.41, 5.74) is 0. The maximum atomic E-state index is 12.8. The minimum absolute atomic E-state index is 0.184. The van der Waals surface area contributed by atoms with Crippen LogP contribution in [0.5, 0.6) is 0 Å². The van der Waals surface area contributed by atoms with Crippen LogP contribution in [0.4, 0.5) is 0 Å². The summed E-state index contributed by atoms with van der Waals surface area (Å²) in [4.78, 5) is 12.8. The molecule has 1 amide bonds. The molecule has 7 unspecified atom stereocenters. The van der Waals surface area contributed by atoms with Gasteiger partial charge in [-0.05, 0) is 12.8 Å². The molecule has 0 aliphatic carbocycles. The van der Waals surface area contributed by atoms with Crippen molar-refractivity contribution in [1.29, 1.82) is 0 Å². The highest BCUT2D eigenvalue weighted by Crippen LogP contribution is 2.23. The molecule has 9 heteroatoms. The van der Waals surface area contributed by atoms with Crippen LogP contribution in [-0.4, -0.2) is 87.5 Å². The van der Waals surface area contributed by atoms with Crippen molar-refractivity contribution in [2.75, 3.05) is 13.2 Å². The number of amides is 1. The highest BCUT2D eigenvalue weighted by molar-refractivity contribution is 5.76. The molecule has 1 fully saturated rings. The third-order valence-electron chi connectivity index (χ3n) is 11.8. The fourth-order valence-corrected chi connectivity index (χ4v) is 7.93. The number of hydrogen-bond acceptors (Lipinski definition) is 8. The predicted molar refractivity (Wildman–Crippen MR) is 235 cm³/mol. The van der Waals surface area contributed by atoms with E-state index in [9.17, 15) is 30.3 Å². The van der Waals surface area contributed by atoms with Crippen LogP contribution in [-0.2, 0) is 14.3 Å². The van der Waals surface area contributed by atoms with Gasteiger partial charge in [-0.3, -0.25) is 4.79 Å². The van der Waals surface area contributed by atoms with Gasteiger partial charge in [-0.2, -0.15) is 0 Å². The van der Waals surface area contributed by atoms with E-state index in [4.69, 9.17) is 9.47 Å². The van der Waals surface area contributed by atoms with E-state index in [2.05, 4.69) is 12.2 Å². The smallest absolute Gasteiger partial charge is 0.220 e. The minimum atomic E-state index is -1.56. The summed E-state index contributed by atoms with van der Waals surface area (Å²) in [6.45, 7) is 3.57. The Morgan fingerprint density at radius 2 is 0.965 bits per heavy atom. The van der Waals surface area contributed by atoms with Gasteiger partial charge in [-0.25, -0.2) is 0 Å². The Kier molecular flexibility index (Phi) is 37.0. The molecule has 0 aromatic rings. The average molecular weight is 812 g/mol. The molecule has 1 rings (SSSR count). The van der Waals surface area contributed by atoms with Crippen LogP contribution < -0.4 is 5.32 Å². The van der Waals surface area contributed by atoms with Crippen molar-refractivity contribution in [3.63, 3.8) is 0 Å². The zero-order valence-electron chi connectivity index (χ0n) is 37.1. The lowest BCUT2D eigenvalue weighted by molar-refractivity contribution is -0.302. The molecule has 57 heavy (non-hydrogen) atoms. The van der Waals surface area contributed by atoms with Gasteiger partial charge in [0.25, 0.3) is 0 Å². The second kappa shape index (κ2) is 39.1. The van der Waals surface area contributed by atoms with Crippen LogP contribution in [0.1, 0.15) is 232 Å². The molecule has 0 saturated carbocycles. The standard InChI is InChI=1S/C48H93NO8/c1-3-5-7-8-9-10-11-12-13-14-15-16-17-18-19-20-21-22-23-24-25-26-27-28-29-30-31-32-33-34-36-38-44(52)49-41(42(51)37-35-6-4-2)40-56-48-47(55)46(54)45(53)43(39-50)57-48/h35,37,41-43,45-48,50-51,53-55H,3-34,36,38-40H2,1-2H3,(H,49,52)/b37-35+. The Morgan fingerprint density at radius 3 is 1.33 bits per heavy atom. The molecule has 7 atom stereocenters. The van der Waals surface area contributed by atoms with Crippen LogP contribution in [0, 0.1) is 0 Å². The van der Waals surface area contributed by atoms with Gasteiger partial charge in [0.2, 0.25) is 5.91 Å². The number of allylic oxidation sites excluding steroid dienone is 1. The number of ether oxygens (including phenoxy) is 2. The second-order valence-corrected chi connectivity index (χ2v) is 17.3. The van der Waals surface area contributed by atoms with Crippen molar-refractivity contribution < 1.29 is 39.8 Å². The molecule has 6 N–H and O–H groups in total. The van der Waals surface area contributed by atoms with Gasteiger partial charge >= 0.3 is 0 Å². The van der Waals surface area contributed by atoms with E-state index in [1.54, 1.807) is 6.08 Å². The molecule has 0 aromatic carbocycles. The van der Waals surface area contributed by atoms with Gasteiger partial charge in [0.15, 0.2) is 6.29 Å². The molecule has 1 saturated heterocycles. The van der Waals surface area contributed by atoms with Crippen molar-refractivity contribution in [2.45, 2.75) is 275 Å². The van der Waals surface area contributed by atoms with E-state index in [1.165, 1.54) is 180 Å². The van der Waals surface area contributed by atoms with Gasteiger partial charge in [-0.15, -0.1) is 0 Å². The summed E-state index contributed by atoms with van der Waals surface area (Å²) in [5.74, 6) is -0.184. The SMILES string of the molecule is CCC/C=C/C(O)C(COC1OC(CO)C(O)C(O)C1O)NC(=O)CCCCCCCCCCCCCCCCCCCCCCCCCCCCCCCCC. The summed E-state index contributed by atoms with van der Waals surface area (Å²) in [5, 5.41) is 53.4. The molecule has 1 aliphatic heterocycles. The number of carbonyl (C=O) groups is 1. The zero-order chi connectivity index (χ0) is 41.6. The number of aliphatic hydroxyl groups excluding tert-OH is 5. The number of carbonyl (C=O) groups excluding carboxylic acids is 1.